The molecular formula is C34H54O2. The lowest BCUT2D eigenvalue weighted by molar-refractivity contribution is -0.410. The third-order valence-electron chi connectivity index (χ3n) is 7.14. The summed E-state index contributed by atoms with van der Waals surface area (Å²) in [5, 5.41) is 0. The van der Waals surface area contributed by atoms with Gasteiger partial charge in [-0.2, -0.15) is 0 Å². The van der Waals surface area contributed by atoms with Crippen LogP contribution in [0.2, 0.25) is 0 Å². The van der Waals surface area contributed by atoms with Gasteiger partial charge in [0.2, 0.25) is 0 Å². The van der Waals surface area contributed by atoms with Crippen LogP contribution in [0.5, 0.6) is 0 Å². The molecule has 0 aromatic heterocycles. The Morgan fingerprint density at radius 3 is 0.861 bits per heavy atom. The first-order valence-electron chi connectivity index (χ1n) is 13.6. The lowest BCUT2D eigenvalue weighted by Crippen LogP contribution is -2.34. The Labute approximate surface area is 223 Å². The Bertz CT molecular complexity index is 971. The standard InChI is InChI=1S/C34H54O2/c1-29(2,3)23-17-19-25(27(21-23)31(7,8)9)33(13,14)35-36-34(15,16)26-20-18-24(30(4,5)6)22-28(26)32(10,11)12/h17-22H,1-16H3. The van der Waals surface area contributed by atoms with E-state index in [2.05, 4.69) is 147 Å². The van der Waals surface area contributed by atoms with Crippen molar-refractivity contribution < 1.29 is 9.78 Å². The van der Waals surface area contributed by atoms with Gasteiger partial charge in [0, 0.05) is 0 Å². The van der Waals surface area contributed by atoms with Gasteiger partial charge in [0.05, 0.1) is 0 Å². The van der Waals surface area contributed by atoms with Crippen LogP contribution in [-0.2, 0) is 42.6 Å². The first-order chi connectivity index (χ1) is 15.9. The highest BCUT2D eigenvalue weighted by Gasteiger charge is 2.36. The molecule has 0 radical (unpaired) electrons. The molecule has 202 valence electrons. The Hall–Kier alpha value is -1.64. The molecule has 2 heteroatoms. The molecule has 2 aromatic rings. The third kappa shape index (κ3) is 7.01. The molecule has 0 atom stereocenters. The summed E-state index contributed by atoms with van der Waals surface area (Å²) in [6.07, 6.45) is 0. The molecule has 0 saturated carbocycles. The molecular weight excluding hydrogens is 440 g/mol. The van der Waals surface area contributed by atoms with Gasteiger partial charge in [0.25, 0.3) is 0 Å². The Morgan fingerprint density at radius 1 is 0.361 bits per heavy atom. The number of hydrogen-bond acceptors (Lipinski definition) is 2. The van der Waals surface area contributed by atoms with Gasteiger partial charge < -0.3 is 0 Å². The maximum Gasteiger partial charge on any atom is 0.123 e. The smallest absolute Gasteiger partial charge is 0.123 e. The second-order valence-corrected chi connectivity index (χ2v) is 15.7. The molecule has 0 aliphatic carbocycles. The lowest BCUT2D eigenvalue weighted by atomic mass is 9.75. The molecule has 0 aliphatic heterocycles. The molecule has 36 heavy (non-hydrogen) atoms. The molecule has 0 saturated heterocycles. The van der Waals surface area contributed by atoms with E-state index in [1.807, 2.05) is 0 Å². The van der Waals surface area contributed by atoms with Crippen molar-refractivity contribution in [1.29, 1.82) is 0 Å². The second kappa shape index (κ2) is 9.59. The van der Waals surface area contributed by atoms with Crippen molar-refractivity contribution in [2.24, 2.45) is 0 Å². The number of benzene rings is 2. The van der Waals surface area contributed by atoms with Crippen LogP contribution in [0.1, 0.15) is 144 Å². The van der Waals surface area contributed by atoms with Gasteiger partial charge in [-0.1, -0.05) is 119 Å². The second-order valence-electron chi connectivity index (χ2n) is 15.7. The minimum atomic E-state index is -0.621. The molecule has 0 spiro atoms. The van der Waals surface area contributed by atoms with E-state index >= 15 is 0 Å². The normalized spacial score (nSPS) is 14.3. The van der Waals surface area contributed by atoms with E-state index in [1.54, 1.807) is 0 Å². The van der Waals surface area contributed by atoms with Crippen LogP contribution >= 0.6 is 0 Å². The lowest BCUT2D eigenvalue weighted by Gasteiger charge is -2.37. The summed E-state index contributed by atoms with van der Waals surface area (Å²) in [5.74, 6) is 0. The number of hydrogen-bond donors (Lipinski definition) is 0. The predicted octanol–water partition coefficient (Wildman–Crippen LogP) is 10.00. The van der Waals surface area contributed by atoms with Crippen molar-refractivity contribution in [3.05, 3.63) is 69.8 Å². The van der Waals surface area contributed by atoms with E-state index in [0.717, 1.165) is 11.1 Å². The SMILES string of the molecule is CC(C)(C)c1ccc(C(C)(C)OOC(C)(C)c2ccc(C(C)(C)C)cc2C(C)(C)C)c(C(C)(C)C)c1. The van der Waals surface area contributed by atoms with Crippen LogP contribution in [0.4, 0.5) is 0 Å². The summed E-state index contributed by atoms with van der Waals surface area (Å²) in [4.78, 5) is 12.7. The molecule has 2 aromatic carbocycles. The minimum absolute atomic E-state index is 0.0189. The zero-order valence-corrected chi connectivity index (χ0v) is 26.3. The molecule has 0 unspecified atom stereocenters. The van der Waals surface area contributed by atoms with Gasteiger partial charge >= 0.3 is 0 Å². The minimum Gasteiger partial charge on any atom is -0.225 e. The fourth-order valence-electron chi connectivity index (χ4n) is 4.61. The van der Waals surface area contributed by atoms with E-state index in [0.29, 0.717) is 0 Å². The number of rotatable bonds is 5. The quantitative estimate of drug-likeness (QED) is 0.304. The van der Waals surface area contributed by atoms with Gasteiger partial charge in [0.1, 0.15) is 11.2 Å². The Balaban J connectivity index is 2.49. The van der Waals surface area contributed by atoms with Crippen molar-refractivity contribution in [1.82, 2.24) is 0 Å². The topological polar surface area (TPSA) is 18.5 Å². The van der Waals surface area contributed by atoms with Crippen LogP contribution in [0.3, 0.4) is 0 Å². The fraction of sp³-hybridized carbons (Fsp3) is 0.647. The van der Waals surface area contributed by atoms with Crippen LogP contribution in [0.15, 0.2) is 36.4 Å². The molecule has 2 rings (SSSR count). The Kier molecular flexibility index (Phi) is 8.15. The van der Waals surface area contributed by atoms with Gasteiger partial charge in [-0.3, -0.25) is 0 Å². The van der Waals surface area contributed by atoms with Crippen molar-refractivity contribution in [3.63, 3.8) is 0 Å². The zero-order chi connectivity index (χ0) is 28.1. The fourth-order valence-corrected chi connectivity index (χ4v) is 4.61. The van der Waals surface area contributed by atoms with E-state index in [9.17, 15) is 0 Å². The van der Waals surface area contributed by atoms with Gasteiger partial charge in [-0.15, -0.1) is 0 Å². The predicted molar refractivity (Wildman–Crippen MR) is 156 cm³/mol. The van der Waals surface area contributed by atoms with Crippen molar-refractivity contribution >= 4 is 0 Å². The highest BCUT2D eigenvalue weighted by atomic mass is 17.2. The largest absolute Gasteiger partial charge is 0.225 e. The molecule has 2 nitrogen and oxygen atoms in total. The van der Waals surface area contributed by atoms with Gasteiger partial charge in [-0.05, 0) is 82.7 Å². The molecule has 0 N–H and O–H groups in total. The first-order valence-corrected chi connectivity index (χ1v) is 13.6. The summed E-state index contributed by atoms with van der Waals surface area (Å²) in [7, 11) is 0. The maximum atomic E-state index is 6.36. The summed E-state index contributed by atoms with van der Waals surface area (Å²) in [6.45, 7) is 35.6. The third-order valence-corrected chi connectivity index (χ3v) is 7.14. The highest BCUT2D eigenvalue weighted by Crippen LogP contribution is 2.41. The maximum absolute atomic E-state index is 6.36. The highest BCUT2D eigenvalue weighted by molar-refractivity contribution is 5.43. The van der Waals surface area contributed by atoms with E-state index in [1.165, 1.54) is 22.3 Å². The summed E-state index contributed by atoms with van der Waals surface area (Å²) < 4.78 is 0. The molecule has 0 heterocycles. The van der Waals surface area contributed by atoms with Crippen molar-refractivity contribution in [2.45, 2.75) is 144 Å². The van der Waals surface area contributed by atoms with Gasteiger partial charge in [-0.25, -0.2) is 9.78 Å². The summed E-state index contributed by atoms with van der Waals surface area (Å²) >= 11 is 0. The first kappa shape index (κ1) is 30.6. The van der Waals surface area contributed by atoms with Gasteiger partial charge in [0.15, 0.2) is 0 Å². The van der Waals surface area contributed by atoms with E-state index in [-0.39, 0.29) is 21.7 Å². The van der Waals surface area contributed by atoms with Crippen LogP contribution < -0.4 is 0 Å². The van der Waals surface area contributed by atoms with Crippen molar-refractivity contribution in [3.8, 4) is 0 Å². The molecule has 0 amide bonds. The molecule has 0 bridgehead atoms. The summed E-state index contributed by atoms with van der Waals surface area (Å²) in [6, 6.07) is 13.7. The monoisotopic (exact) mass is 494 g/mol. The van der Waals surface area contributed by atoms with Crippen molar-refractivity contribution in [2.75, 3.05) is 0 Å². The van der Waals surface area contributed by atoms with Crippen LogP contribution in [-0.4, -0.2) is 0 Å². The molecule has 0 fully saturated rings. The van der Waals surface area contributed by atoms with E-state index < -0.39 is 11.2 Å². The van der Waals surface area contributed by atoms with E-state index in [4.69, 9.17) is 9.78 Å². The van der Waals surface area contributed by atoms with Crippen LogP contribution in [0, 0.1) is 0 Å². The average molecular weight is 495 g/mol. The zero-order valence-electron chi connectivity index (χ0n) is 26.3. The van der Waals surface area contributed by atoms with Crippen LogP contribution in [0.25, 0.3) is 0 Å². The molecule has 0 aliphatic rings. The summed E-state index contributed by atoms with van der Waals surface area (Å²) in [5.41, 5.74) is 6.49. The Morgan fingerprint density at radius 2 is 0.639 bits per heavy atom. The average Bonchev–Trinajstić information content (AvgIpc) is 2.69.